The maximum absolute atomic E-state index is 10.9. The van der Waals surface area contributed by atoms with Gasteiger partial charge < -0.3 is 11.1 Å². The van der Waals surface area contributed by atoms with Gasteiger partial charge >= 0.3 is 0 Å². The fourth-order valence-corrected chi connectivity index (χ4v) is 0.739. The van der Waals surface area contributed by atoms with Crippen LogP contribution in [0.5, 0.6) is 0 Å². The maximum Gasteiger partial charge on any atom is 0.236 e. The van der Waals surface area contributed by atoms with Crippen LogP contribution in [-0.2, 0) is 4.79 Å². The van der Waals surface area contributed by atoms with Gasteiger partial charge in [0.25, 0.3) is 0 Å². The molecule has 0 rings (SSSR count). The molecule has 0 bridgehead atoms. The van der Waals surface area contributed by atoms with Crippen molar-refractivity contribution < 1.29 is 4.79 Å². The van der Waals surface area contributed by atoms with E-state index in [9.17, 15) is 4.79 Å². The van der Waals surface area contributed by atoms with Gasteiger partial charge in [0.2, 0.25) is 5.91 Å². The zero-order valence-corrected chi connectivity index (χ0v) is 8.07. The van der Waals surface area contributed by atoms with Gasteiger partial charge in [0.05, 0.1) is 6.04 Å². The third kappa shape index (κ3) is 5.09. The number of nitrogens with two attached hydrogens (primary N) is 1. The van der Waals surface area contributed by atoms with E-state index in [4.69, 9.17) is 5.73 Å². The van der Waals surface area contributed by atoms with Crippen molar-refractivity contribution in [1.29, 1.82) is 0 Å². The Hall–Kier alpha value is -0.220. The van der Waals surface area contributed by atoms with Crippen LogP contribution in [0.1, 0.15) is 13.8 Å². The van der Waals surface area contributed by atoms with Crippen molar-refractivity contribution in [1.82, 2.24) is 5.32 Å². The van der Waals surface area contributed by atoms with Crippen molar-refractivity contribution in [3.05, 3.63) is 0 Å². The number of thioether (sulfide) groups is 1. The predicted octanol–water partition coefficient (Wildman–Crippen LogP) is 0.201. The summed E-state index contributed by atoms with van der Waals surface area (Å²) in [4.78, 5) is 10.9. The molecular formula is C7H16N2OS. The molecule has 0 heterocycles. The Morgan fingerprint density at radius 1 is 1.64 bits per heavy atom. The Balaban J connectivity index is 3.46. The van der Waals surface area contributed by atoms with E-state index in [1.54, 1.807) is 18.7 Å². The fraction of sp³-hybridized carbons (Fsp3) is 0.857. The van der Waals surface area contributed by atoms with E-state index in [0.717, 1.165) is 0 Å². The molecule has 0 aromatic rings. The highest BCUT2D eigenvalue weighted by atomic mass is 32.2. The van der Waals surface area contributed by atoms with E-state index in [1.165, 1.54) is 0 Å². The Morgan fingerprint density at radius 2 is 2.18 bits per heavy atom. The molecule has 0 radical (unpaired) electrons. The summed E-state index contributed by atoms with van der Waals surface area (Å²) < 4.78 is 0. The highest BCUT2D eigenvalue weighted by Gasteiger charge is 2.07. The lowest BCUT2D eigenvalue weighted by Gasteiger charge is -2.11. The molecule has 2 unspecified atom stereocenters. The lowest BCUT2D eigenvalue weighted by molar-refractivity contribution is -0.121. The molecule has 3 N–H and O–H groups in total. The van der Waals surface area contributed by atoms with Crippen LogP contribution in [0.2, 0.25) is 0 Å². The molecule has 0 aliphatic heterocycles. The first-order chi connectivity index (χ1) is 5.07. The van der Waals surface area contributed by atoms with E-state index < -0.39 is 6.04 Å². The molecule has 2 atom stereocenters. The predicted molar refractivity (Wildman–Crippen MR) is 49.6 cm³/mol. The average Bonchev–Trinajstić information content (AvgIpc) is 1.99. The number of nitrogens with one attached hydrogen (secondary N) is 1. The Morgan fingerprint density at radius 3 is 2.55 bits per heavy atom. The minimum absolute atomic E-state index is 0.0779. The molecule has 0 fully saturated rings. The largest absolute Gasteiger partial charge is 0.354 e. The summed E-state index contributed by atoms with van der Waals surface area (Å²) in [5, 5.41) is 3.20. The zero-order valence-electron chi connectivity index (χ0n) is 7.26. The van der Waals surface area contributed by atoms with E-state index >= 15 is 0 Å². The normalized spacial score (nSPS) is 15.6. The lowest BCUT2D eigenvalue weighted by Crippen LogP contribution is -2.40. The summed E-state index contributed by atoms with van der Waals surface area (Å²) >= 11 is 1.72. The summed E-state index contributed by atoms with van der Waals surface area (Å²) in [5.74, 6) is -0.0779. The lowest BCUT2D eigenvalue weighted by atomic mass is 10.3. The monoisotopic (exact) mass is 176 g/mol. The summed E-state index contributed by atoms with van der Waals surface area (Å²) in [6, 6.07) is -0.399. The first-order valence-electron chi connectivity index (χ1n) is 3.64. The number of hydrogen-bond donors (Lipinski definition) is 2. The number of hydrogen-bond acceptors (Lipinski definition) is 3. The fourth-order valence-electron chi connectivity index (χ4n) is 0.489. The van der Waals surface area contributed by atoms with Gasteiger partial charge in [-0.2, -0.15) is 11.8 Å². The minimum Gasteiger partial charge on any atom is -0.354 e. The quantitative estimate of drug-likeness (QED) is 0.643. The van der Waals surface area contributed by atoms with Crippen LogP contribution in [0.4, 0.5) is 0 Å². The van der Waals surface area contributed by atoms with E-state index in [1.807, 2.05) is 6.26 Å². The van der Waals surface area contributed by atoms with Gasteiger partial charge in [0.1, 0.15) is 0 Å². The van der Waals surface area contributed by atoms with Crippen molar-refractivity contribution in [3.63, 3.8) is 0 Å². The van der Waals surface area contributed by atoms with Crippen LogP contribution >= 0.6 is 11.8 Å². The highest BCUT2D eigenvalue weighted by molar-refractivity contribution is 7.99. The number of rotatable bonds is 4. The molecular weight excluding hydrogens is 160 g/mol. The highest BCUT2D eigenvalue weighted by Crippen LogP contribution is 2.02. The first kappa shape index (κ1) is 10.8. The summed E-state index contributed by atoms with van der Waals surface area (Å²) in [6.07, 6.45) is 2.02. The molecule has 11 heavy (non-hydrogen) atoms. The molecule has 0 aromatic heterocycles. The first-order valence-corrected chi connectivity index (χ1v) is 4.92. The maximum atomic E-state index is 10.9. The third-order valence-corrected chi connectivity index (χ3v) is 2.35. The second-order valence-corrected chi connectivity index (χ2v) is 3.86. The van der Waals surface area contributed by atoms with Crippen molar-refractivity contribution in [2.45, 2.75) is 25.1 Å². The zero-order chi connectivity index (χ0) is 8.85. The number of amides is 1. The molecule has 0 spiro atoms. The van der Waals surface area contributed by atoms with Crippen molar-refractivity contribution in [2.24, 2.45) is 5.73 Å². The van der Waals surface area contributed by atoms with Crippen molar-refractivity contribution >= 4 is 17.7 Å². The topological polar surface area (TPSA) is 55.1 Å². The summed E-state index contributed by atoms with van der Waals surface area (Å²) in [7, 11) is 0. The van der Waals surface area contributed by atoms with Crippen LogP contribution in [0.15, 0.2) is 0 Å². The molecule has 66 valence electrons. The summed E-state index contributed by atoms with van der Waals surface area (Å²) in [6.45, 7) is 4.44. The average molecular weight is 176 g/mol. The number of carbonyl (C=O) groups is 1. The van der Waals surface area contributed by atoms with Crippen molar-refractivity contribution in [3.8, 4) is 0 Å². The second-order valence-electron chi connectivity index (χ2n) is 2.58. The van der Waals surface area contributed by atoms with Gasteiger partial charge in [0.15, 0.2) is 0 Å². The molecule has 1 amide bonds. The van der Waals surface area contributed by atoms with Crippen LogP contribution in [0, 0.1) is 0 Å². The SMILES string of the molecule is CSC(C)CNC(=O)C(C)N. The Kier molecular flexibility index (Phi) is 5.32. The van der Waals surface area contributed by atoms with Gasteiger partial charge in [-0.15, -0.1) is 0 Å². The minimum atomic E-state index is -0.399. The van der Waals surface area contributed by atoms with Gasteiger partial charge in [0, 0.05) is 11.8 Å². The van der Waals surface area contributed by atoms with Gasteiger partial charge in [-0.25, -0.2) is 0 Å². The van der Waals surface area contributed by atoms with Crippen LogP contribution in [0.25, 0.3) is 0 Å². The number of carbonyl (C=O) groups excluding carboxylic acids is 1. The van der Waals surface area contributed by atoms with E-state index in [2.05, 4.69) is 12.2 Å². The van der Waals surface area contributed by atoms with Crippen LogP contribution < -0.4 is 11.1 Å². The van der Waals surface area contributed by atoms with E-state index in [-0.39, 0.29) is 5.91 Å². The molecule has 0 saturated carbocycles. The van der Waals surface area contributed by atoms with Gasteiger partial charge in [-0.1, -0.05) is 6.92 Å². The summed E-state index contributed by atoms with van der Waals surface area (Å²) in [5.41, 5.74) is 5.34. The molecule has 3 nitrogen and oxygen atoms in total. The molecule has 0 saturated heterocycles. The molecule has 0 aliphatic rings. The standard InChI is InChI=1S/C7H16N2OS/c1-5(11-3)4-9-7(10)6(2)8/h5-6H,4,8H2,1-3H3,(H,9,10). The Bertz CT molecular complexity index is 128. The van der Waals surface area contributed by atoms with E-state index in [0.29, 0.717) is 11.8 Å². The third-order valence-electron chi connectivity index (χ3n) is 1.38. The van der Waals surface area contributed by atoms with Crippen LogP contribution in [-0.4, -0.2) is 30.0 Å². The Labute approximate surface area is 72.1 Å². The second kappa shape index (κ2) is 5.43. The van der Waals surface area contributed by atoms with Crippen molar-refractivity contribution in [2.75, 3.05) is 12.8 Å². The van der Waals surface area contributed by atoms with Gasteiger partial charge in [-0.3, -0.25) is 4.79 Å². The molecule has 4 heteroatoms. The van der Waals surface area contributed by atoms with Crippen LogP contribution in [0.3, 0.4) is 0 Å². The molecule has 0 aromatic carbocycles. The van der Waals surface area contributed by atoms with Gasteiger partial charge in [-0.05, 0) is 13.2 Å². The smallest absolute Gasteiger partial charge is 0.236 e. The molecule has 0 aliphatic carbocycles.